The van der Waals surface area contributed by atoms with Crippen molar-refractivity contribution < 1.29 is 9.47 Å². The van der Waals surface area contributed by atoms with Crippen LogP contribution < -0.4 is 15.2 Å². The van der Waals surface area contributed by atoms with Crippen molar-refractivity contribution in [3.05, 3.63) is 54.6 Å². The Labute approximate surface area is 127 Å². The topological polar surface area (TPSA) is 81.2 Å². The Morgan fingerprint density at radius 1 is 1.00 bits per heavy atom. The van der Waals surface area contributed by atoms with Crippen molar-refractivity contribution in [1.29, 1.82) is 5.26 Å². The van der Waals surface area contributed by atoms with Gasteiger partial charge in [0.05, 0.1) is 5.52 Å². The van der Waals surface area contributed by atoms with E-state index in [9.17, 15) is 0 Å². The molecule has 1 heterocycles. The number of nitrogens with zero attached hydrogens (tertiary/aromatic N) is 2. The first-order valence-electron chi connectivity index (χ1n) is 6.68. The van der Waals surface area contributed by atoms with E-state index in [2.05, 4.69) is 4.98 Å². The van der Waals surface area contributed by atoms with Crippen molar-refractivity contribution in [1.82, 2.24) is 4.98 Å². The number of ether oxygens (including phenoxy) is 2. The molecule has 22 heavy (non-hydrogen) atoms. The summed E-state index contributed by atoms with van der Waals surface area (Å²) in [5.74, 6) is 1.82. The zero-order valence-corrected chi connectivity index (χ0v) is 11.7. The number of fused-ring (bicyclic) bond motifs is 1. The monoisotopic (exact) mass is 291 g/mol. The summed E-state index contributed by atoms with van der Waals surface area (Å²) in [6.07, 6.45) is 0. The minimum absolute atomic E-state index is 0.0251. The summed E-state index contributed by atoms with van der Waals surface area (Å²) in [4.78, 5) is 4.44. The van der Waals surface area contributed by atoms with Gasteiger partial charge in [-0.2, -0.15) is 5.26 Å². The van der Waals surface area contributed by atoms with Crippen molar-refractivity contribution in [3.63, 3.8) is 0 Å². The zero-order chi connectivity index (χ0) is 15.4. The van der Waals surface area contributed by atoms with Crippen LogP contribution in [-0.4, -0.2) is 11.6 Å². The van der Waals surface area contributed by atoms with Crippen LogP contribution in [0.3, 0.4) is 0 Å². The van der Waals surface area contributed by atoms with Gasteiger partial charge in [-0.05, 0) is 48.5 Å². The molecule has 0 saturated carbocycles. The Morgan fingerprint density at radius 3 is 2.55 bits per heavy atom. The number of nitrogen functional groups attached to an aromatic ring is 1. The second kappa shape index (κ2) is 6.02. The van der Waals surface area contributed by atoms with E-state index in [1.165, 1.54) is 0 Å². The van der Waals surface area contributed by atoms with E-state index in [1.54, 1.807) is 36.4 Å². The third kappa shape index (κ3) is 3.07. The number of nitrogens with two attached hydrogens (primary N) is 1. The molecule has 2 N–H and O–H groups in total. The summed E-state index contributed by atoms with van der Waals surface area (Å²) in [7, 11) is 0. The third-order valence-corrected chi connectivity index (χ3v) is 3.04. The smallest absolute Gasteiger partial charge is 0.219 e. The maximum Gasteiger partial charge on any atom is 0.219 e. The van der Waals surface area contributed by atoms with Crippen molar-refractivity contribution in [2.24, 2.45) is 0 Å². The number of hydrogen-bond donors (Lipinski definition) is 1. The van der Waals surface area contributed by atoms with Gasteiger partial charge in [0.25, 0.3) is 0 Å². The third-order valence-electron chi connectivity index (χ3n) is 3.04. The van der Waals surface area contributed by atoms with Crippen LogP contribution in [0.2, 0.25) is 0 Å². The molecule has 0 radical (unpaired) electrons. The highest BCUT2D eigenvalue weighted by Gasteiger charge is 2.03. The Hall–Kier alpha value is -3.26. The molecule has 108 valence electrons. The van der Waals surface area contributed by atoms with Gasteiger partial charge < -0.3 is 15.2 Å². The second-order valence-corrected chi connectivity index (χ2v) is 4.62. The lowest BCUT2D eigenvalue weighted by atomic mass is 10.2. The lowest BCUT2D eigenvalue weighted by molar-refractivity contribution is 0.368. The molecule has 0 spiro atoms. The van der Waals surface area contributed by atoms with Crippen LogP contribution in [0.5, 0.6) is 17.4 Å². The molecule has 0 atom stereocenters. The van der Waals surface area contributed by atoms with Gasteiger partial charge in [0.1, 0.15) is 17.6 Å². The molecule has 5 nitrogen and oxygen atoms in total. The number of pyridine rings is 1. The predicted molar refractivity (Wildman–Crippen MR) is 83.8 cm³/mol. The van der Waals surface area contributed by atoms with Crippen LogP contribution in [0.1, 0.15) is 0 Å². The van der Waals surface area contributed by atoms with Crippen LogP contribution in [0.25, 0.3) is 10.9 Å². The standard InChI is InChI=1S/C17H13N3O2/c18-9-10-21-15-6-7-16-12(11-15)1-8-17(20-16)22-14-4-2-13(19)3-5-14/h1-8,11H,10,19H2. The molecule has 0 fully saturated rings. The summed E-state index contributed by atoms with van der Waals surface area (Å²) >= 11 is 0. The quantitative estimate of drug-likeness (QED) is 0.744. The van der Waals surface area contributed by atoms with E-state index in [-0.39, 0.29) is 6.61 Å². The number of anilines is 1. The predicted octanol–water partition coefficient (Wildman–Crippen LogP) is 3.51. The van der Waals surface area contributed by atoms with E-state index in [1.807, 2.05) is 24.3 Å². The van der Waals surface area contributed by atoms with Crippen LogP contribution in [0.15, 0.2) is 54.6 Å². The first-order valence-corrected chi connectivity index (χ1v) is 6.68. The van der Waals surface area contributed by atoms with Gasteiger partial charge in [-0.15, -0.1) is 0 Å². The van der Waals surface area contributed by atoms with Gasteiger partial charge in [-0.1, -0.05) is 0 Å². The minimum Gasteiger partial charge on any atom is -0.479 e. The van der Waals surface area contributed by atoms with Crippen LogP contribution in [-0.2, 0) is 0 Å². The maximum atomic E-state index is 8.52. The Balaban J connectivity index is 1.83. The van der Waals surface area contributed by atoms with Crippen LogP contribution in [0, 0.1) is 11.3 Å². The van der Waals surface area contributed by atoms with Gasteiger partial charge in [0.15, 0.2) is 6.61 Å². The van der Waals surface area contributed by atoms with Gasteiger partial charge in [-0.3, -0.25) is 0 Å². The molecular weight excluding hydrogens is 278 g/mol. The molecule has 3 rings (SSSR count). The highest BCUT2D eigenvalue weighted by molar-refractivity contribution is 5.80. The molecule has 0 saturated heterocycles. The average molecular weight is 291 g/mol. The minimum atomic E-state index is 0.0251. The molecule has 5 heteroatoms. The summed E-state index contributed by atoms with van der Waals surface area (Å²) in [5, 5.41) is 9.44. The van der Waals surface area contributed by atoms with Crippen LogP contribution >= 0.6 is 0 Å². The van der Waals surface area contributed by atoms with E-state index in [4.69, 9.17) is 20.5 Å². The molecule has 0 aliphatic carbocycles. The summed E-state index contributed by atoms with van der Waals surface area (Å²) in [6, 6.07) is 18.2. The highest BCUT2D eigenvalue weighted by atomic mass is 16.5. The second-order valence-electron chi connectivity index (χ2n) is 4.62. The first-order chi connectivity index (χ1) is 10.7. The van der Waals surface area contributed by atoms with Crippen molar-refractivity contribution in [2.45, 2.75) is 0 Å². The molecular formula is C17H13N3O2. The number of rotatable bonds is 4. The summed E-state index contributed by atoms with van der Waals surface area (Å²) in [6.45, 7) is 0.0251. The molecule has 3 aromatic rings. The highest BCUT2D eigenvalue weighted by Crippen LogP contribution is 2.25. The normalized spacial score (nSPS) is 10.1. The number of aromatic nitrogens is 1. The summed E-state index contributed by atoms with van der Waals surface area (Å²) < 4.78 is 11.0. The SMILES string of the molecule is N#CCOc1ccc2nc(Oc3ccc(N)cc3)ccc2c1. The van der Waals surface area contributed by atoms with Crippen LogP contribution in [0.4, 0.5) is 5.69 Å². The molecule has 0 aliphatic rings. The fourth-order valence-electron chi connectivity index (χ4n) is 2.00. The maximum absolute atomic E-state index is 8.52. The molecule has 0 unspecified atom stereocenters. The van der Waals surface area contributed by atoms with Gasteiger partial charge >= 0.3 is 0 Å². The van der Waals surface area contributed by atoms with Crippen molar-refractivity contribution in [2.75, 3.05) is 12.3 Å². The van der Waals surface area contributed by atoms with Crippen molar-refractivity contribution >= 4 is 16.6 Å². The first kappa shape index (κ1) is 13.7. The fourth-order valence-corrected chi connectivity index (χ4v) is 2.00. The molecule has 0 aliphatic heterocycles. The van der Waals surface area contributed by atoms with E-state index < -0.39 is 0 Å². The van der Waals surface area contributed by atoms with E-state index in [0.717, 1.165) is 10.9 Å². The van der Waals surface area contributed by atoms with E-state index in [0.29, 0.717) is 23.1 Å². The Bertz CT molecular complexity index is 839. The summed E-state index contributed by atoms with van der Waals surface area (Å²) in [5.41, 5.74) is 7.11. The van der Waals surface area contributed by atoms with Gasteiger partial charge in [0.2, 0.25) is 5.88 Å². The average Bonchev–Trinajstić information content (AvgIpc) is 2.55. The van der Waals surface area contributed by atoms with Crippen molar-refractivity contribution in [3.8, 4) is 23.4 Å². The molecule has 1 aromatic heterocycles. The number of hydrogen-bond acceptors (Lipinski definition) is 5. The van der Waals surface area contributed by atoms with Gasteiger partial charge in [0, 0.05) is 17.1 Å². The van der Waals surface area contributed by atoms with Gasteiger partial charge in [-0.25, -0.2) is 4.98 Å². The zero-order valence-electron chi connectivity index (χ0n) is 11.7. The number of nitriles is 1. The fraction of sp³-hybridized carbons (Fsp3) is 0.0588. The molecule has 0 amide bonds. The van der Waals surface area contributed by atoms with E-state index >= 15 is 0 Å². The Kier molecular flexibility index (Phi) is 3.75. The molecule has 2 aromatic carbocycles. The Morgan fingerprint density at radius 2 is 1.77 bits per heavy atom. The number of benzene rings is 2. The lowest BCUT2D eigenvalue weighted by Crippen LogP contribution is -1.94. The molecule has 0 bridgehead atoms. The lowest BCUT2D eigenvalue weighted by Gasteiger charge is -2.07. The largest absolute Gasteiger partial charge is 0.479 e.